The molecule has 1 N–H and O–H groups in total. The van der Waals surface area contributed by atoms with Gasteiger partial charge in [0.15, 0.2) is 0 Å². The van der Waals surface area contributed by atoms with Crippen LogP contribution in [0.4, 0.5) is 0 Å². The minimum absolute atomic E-state index is 0.0741. The lowest BCUT2D eigenvalue weighted by molar-refractivity contribution is 0.00911. The Bertz CT molecular complexity index is 597. The molecule has 1 aromatic carbocycles. The van der Waals surface area contributed by atoms with Gasteiger partial charge >= 0.3 is 0 Å². The molecular weight excluding hydrogens is 384 g/mol. The van der Waals surface area contributed by atoms with E-state index in [0.29, 0.717) is 22.7 Å². The highest BCUT2D eigenvalue weighted by molar-refractivity contribution is 6.30. The van der Waals surface area contributed by atoms with Crippen molar-refractivity contribution in [2.45, 2.75) is 69.9 Å². The van der Waals surface area contributed by atoms with Crippen molar-refractivity contribution in [1.82, 2.24) is 10.2 Å². The smallest absolute Gasteiger partial charge is 0.253 e. The van der Waals surface area contributed by atoms with Crippen LogP contribution in [0.5, 0.6) is 0 Å². The Morgan fingerprint density at radius 2 is 1.83 bits per heavy atom. The van der Waals surface area contributed by atoms with Crippen molar-refractivity contribution in [1.29, 1.82) is 0 Å². The molecule has 1 fully saturated rings. The summed E-state index contributed by atoms with van der Waals surface area (Å²) in [5.41, 5.74) is 0.700. The molecule has 4 nitrogen and oxygen atoms in total. The molecule has 0 saturated heterocycles. The van der Waals surface area contributed by atoms with Crippen molar-refractivity contribution < 1.29 is 9.53 Å². The predicted molar refractivity (Wildman–Crippen MR) is 122 cm³/mol. The van der Waals surface area contributed by atoms with Gasteiger partial charge in [0.05, 0.1) is 6.10 Å². The van der Waals surface area contributed by atoms with Crippen LogP contribution in [0.15, 0.2) is 36.9 Å². The van der Waals surface area contributed by atoms with E-state index in [1.165, 1.54) is 19.3 Å². The molecule has 1 aliphatic carbocycles. The fraction of sp³-hybridized carbons (Fsp3) is 0.625. The van der Waals surface area contributed by atoms with Crippen LogP contribution in [0, 0.1) is 0 Å². The van der Waals surface area contributed by atoms with Crippen LogP contribution in [0.3, 0.4) is 0 Å². The molecule has 0 heterocycles. The summed E-state index contributed by atoms with van der Waals surface area (Å²) in [6, 6.07) is 7.44. The quantitative estimate of drug-likeness (QED) is 0.340. The lowest BCUT2D eigenvalue weighted by atomic mass is 9.91. The summed E-state index contributed by atoms with van der Waals surface area (Å²) in [7, 11) is 1.91. The molecule has 162 valence electrons. The zero-order valence-electron chi connectivity index (χ0n) is 17.9. The van der Waals surface area contributed by atoms with Crippen molar-refractivity contribution in [3.8, 4) is 0 Å². The lowest BCUT2D eigenvalue weighted by Crippen LogP contribution is -2.40. The Hall–Kier alpha value is -1.36. The SMILES string of the molecule is C=CCCNCCCCCCO[C@H]1CC[C@H](N(C)C(=O)c2ccc(Cl)cc2)CC1. The molecular formula is C24H37ClN2O2. The first kappa shape index (κ1) is 23.9. The minimum atomic E-state index is 0.0741. The van der Waals surface area contributed by atoms with Crippen LogP contribution >= 0.6 is 11.6 Å². The molecule has 29 heavy (non-hydrogen) atoms. The third-order valence-electron chi connectivity index (χ3n) is 5.73. The number of hydrogen-bond donors (Lipinski definition) is 1. The standard InChI is InChI=1S/C24H37ClN2O2/c1-3-4-17-26-18-7-5-6-8-19-29-23-15-13-22(14-16-23)27(2)24(28)20-9-11-21(25)12-10-20/h3,9-12,22-23,26H,1,4-8,13-19H2,2H3/t22-,23-. The highest BCUT2D eigenvalue weighted by Crippen LogP contribution is 2.26. The van der Waals surface area contributed by atoms with E-state index in [1.54, 1.807) is 24.3 Å². The second kappa shape index (κ2) is 13.8. The lowest BCUT2D eigenvalue weighted by Gasteiger charge is -2.34. The number of unbranched alkanes of at least 4 members (excludes halogenated alkanes) is 3. The van der Waals surface area contributed by atoms with Gasteiger partial charge in [-0.15, -0.1) is 6.58 Å². The number of rotatable bonds is 13. The number of hydrogen-bond acceptors (Lipinski definition) is 3. The van der Waals surface area contributed by atoms with Crippen LogP contribution in [0.2, 0.25) is 5.02 Å². The van der Waals surface area contributed by atoms with Gasteiger partial charge in [0.1, 0.15) is 0 Å². The Balaban J connectivity index is 1.54. The van der Waals surface area contributed by atoms with Gasteiger partial charge in [-0.1, -0.05) is 30.5 Å². The summed E-state index contributed by atoms with van der Waals surface area (Å²) in [5.74, 6) is 0.0741. The molecule has 1 saturated carbocycles. The topological polar surface area (TPSA) is 41.6 Å². The van der Waals surface area contributed by atoms with E-state index in [4.69, 9.17) is 16.3 Å². The summed E-state index contributed by atoms with van der Waals surface area (Å²) in [5, 5.41) is 4.08. The first-order valence-electron chi connectivity index (χ1n) is 11.1. The van der Waals surface area contributed by atoms with Gasteiger partial charge in [-0.05, 0) is 82.3 Å². The summed E-state index contributed by atoms with van der Waals surface area (Å²) < 4.78 is 6.08. The normalized spacial score (nSPS) is 19.1. The van der Waals surface area contributed by atoms with Crippen molar-refractivity contribution in [3.63, 3.8) is 0 Å². The summed E-state index contributed by atoms with van der Waals surface area (Å²) in [4.78, 5) is 14.5. The van der Waals surface area contributed by atoms with Crippen molar-refractivity contribution in [2.24, 2.45) is 0 Å². The van der Waals surface area contributed by atoms with Crippen molar-refractivity contribution >= 4 is 17.5 Å². The predicted octanol–water partition coefficient (Wildman–Crippen LogP) is 5.47. The molecule has 1 amide bonds. The fourth-order valence-corrected chi connectivity index (χ4v) is 3.97. The number of benzene rings is 1. The highest BCUT2D eigenvalue weighted by atomic mass is 35.5. The van der Waals surface area contributed by atoms with Crippen LogP contribution in [-0.2, 0) is 4.74 Å². The maximum atomic E-state index is 12.7. The molecule has 0 bridgehead atoms. The largest absolute Gasteiger partial charge is 0.378 e. The summed E-state index contributed by atoms with van der Waals surface area (Å²) in [6.07, 6.45) is 12.3. The van der Waals surface area contributed by atoms with E-state index >= 15 is 0 Å². The molecule has 0 spiro atoms. The van der Waals surface area contributed by atoms with Crippen LogP contribution in [0.25, 0.3) is 0 Å². The van der Waals surface area contributed by atoms with Crippen LogP contribution < -0.4 is 5.32 Å². The second-order valence-electron chi connectivity index (χ2n) is 7.97. The van der Waals surface area contributed by atoms with E-state index in [0.717, 1.165) is 58.2 Å². The van der Waals surface area contributed by atoms with Crippen LogP contribution in [-0.4, -0.2) is 49.7 Å². The third kappa shape index (κ3) is 8.90. The maximum absolute atomic E-state index is 12.7. The summed E-state index contributed by atoms with van der Waals surface area (Å²) in [6.45, 7) is 6.72. The first-order valence-corrected chi connectivity index (χ1v) is 11.5. The Morgan fingerprint density at radius 1 is 1.14 bits per heavy atom. The number of nitrogens with one attached hydrogen (secondary N) is 1. The number of amides is 1. The molecule has 5 heteroatoms. The molecule has 1 aromatic rings. The van der Waals surface area contributed by atoms with Crippen molar-refractivity contribution in [2.75, 3.05) is 26.7 Å². The second-order valence-corrected chi connectivity index (χ2v) is 8.40. The van der Waals surface area contributed by atoms with Gasteiger partial charge in [0, 0.05) is 30.3 Å². The molecule has 2 rings (SSSR count). The van der Waals surface area contributed by atoms with E-state index in [2.05, 4.69) is 11.9 Å². The number of carbonyl (C=O) groups is 1. The first-order chi connectivity index (χ1) is 14.1. The van der Waals surface area contributed by atoms with E-state index in [9.17, 15) is 4.79 Å². The number of carbonyl (C=O) groups excluding carboxylic acids is 1. The fourth-order valence-electron chi connectivity index (χ4n) is 3.85. The van der Waals surface area contributed by atoms with Gasteiger partial charge in [-0.2, -0.15) is 0 Å². The average Bonchev–Trinajstić information content (AvgIpc) is 2.75. The summed E-state index contributed by atoms with van der Waals surface area (Å²) >= 11 is 5.92. The van der Waals surface area contributed by atoms with E-state index in [-0.39, 0.29) is 5.91 Å². The number of ether oxygens (including phenoxy) is 1. The van der Waals surface area contributed by atoms with Gasteiger partial charge in [0.2, 0.25) is 0 Å². The Labute approximate surface area is 181 Å². The van der Waals surface area contributed by atoms with Gasteiger partial charge in [-0.25, -0.2) is 0 Å². The molecule has 0 atom stereocenters. The zero-order valence-corrected chi connectivity index (χ0v) is 18.6. The number of halogens is 1. The van der Waals surface area contributed by atoms with E-state index < -0.39 is 0 Å². The Kier molecular flexibility index (Phi) is 11.4. The highest BCUT2D eigenvalue weighted by Gasteiger charge is 2.27. The average molecular weight is 421 g/mol. The van der Waals surface area contributed by atoms with Crippen LogP contribution in [0.1, 0.15) is 68.1 Å². The molecule has 1 aliphatic rings. The maximum Gasteiger partial charge on any atom is 0.253 e. The minimum Gasteiger partial charge on any atom is -0.378 e. The van der Waals surface area contributed by atoms with Gasteiger partial charge in [0.25, 0.3) is 5.91 Å². The van der Waals surface area contributed by atoms with E-state index in [1.807, 2.05) is 18.0 Å². The number of nitrogens with zero attached hydrogens (tertiary/aromatic N) is 1. The molecule has 0 aliphatic heterocycles. The Morgan fingerprint density at radius 3 is 2.52 bits per heavy atom. The van der Waals surface area contributed by atoms with Gasteiger partial charge in [-0.3, -0.25) is 4.79 Å². The molecule has 0 radical (unpaired) electrons. The van der Waals surface area contributed by atoms with Crippen molar-refractivity contribution in [3.05, 3.63) is 47.5 Å². The monoisotopic (exact) mass is 420 g/mol. The molecule has 0 aromatic heterocycles. The molecule has 0 unspecified atom stereocenters. The zero-order chi connectivity index (χ0) is 20.9. The third-order valence-corrected chi connectivity index (χ3v) is 5.98. The van der Waals surface area contributed by atoms with Gasteiger partial charge < -0.3 is 15.0 Å².